The van der Waals surface area contributed by atoms with Gasteiger partial charge in [0.1, 0.15) is 10.6 Å². The molecule has 3 rings (SSSR count). The number of nitro groups is 1. The standard InChI is InChI=1S/C20H19N3O5S/c1-12-6-4-5-7-14(12)20-22-13(11-29-20)10-21-19(24)15-8-17(27-2)18(28-3)9-16(15)23(25)26/h4-9,11H,10H2,1-3H3,(H,21,24). The lowest BCUT2D eigenvalue weighted by Gasteiger charge is -2.10. The van der Waals surface area contributed by atoms with E-state index in [0.717, 1.165) is 16.1 Å². The number of nitrogens with one attached hydrogen (secondary N) is 1. The maximum absolute atomic E-state index is 12.6. The van der Waals surface area contributed by atoms with Crippen LogP contribution in [0, 0.1) is 17.0 Å². The van der Waals surface area contributed by atoms with Crippen molar-refractivity contribution in [1.82, 2.24) is 10.3 Å². The van der Waals surface area contributed by atoms with E-state index in [4.69, 9.17) is 9.47 Å². The van der Waals surface area contributed by atoms with E-state index in [1.165, 1.54) is 37.7 Å². The number of nitrogens with zero attached hydrogens (tertiary/aromatic N) is 2. The molecule has 0 radical (unpaired) electrons. The molecule has 3 aromatic rings. The van der Waals surface area contributed by atoms with Gasteiger partial charge in [0.05, 0.1) is 37.4 Å². The van der Waals surface area contributed by atoms with Crippen LogP contribution in [0.15, 0.2) is 41.8 Å². The summed E-state index contributed by atoms with van der Waals surface area (Å²) in [7, 11) is 2.77. The van der Waals surface area contributed by atoms with Crippen LogP contribution in [0.2, 0.25) is 0 Å². The number of amides is 1. The van der Waals surface area contributed by atoms with Crippen molar-refractivity contribution in [1.29, 1.82) is 0 Å². The first-order chi connectivity index (χ1) is 13.9. The molecule has 0 spiro atoms. The smallest absolute Gasteiger partial charge is 0.286 e. The minimum absolute atomic E-state index is 0.109. The van der Waals surface area contributed by atoms with Gasteiger partial charge in [-0.15, -0.1) is 11.3 Å². The Balaban J connectivity index is 1.79. The van der Waals surface area contributed by atoms with E-state index in [2.05, 4.69) is 10.3 Å². The minimum atomic E-state index is -0.629. The molecule has 1 N–H and O–H groups in total. The molecule has 150 valence electrons. The van der Waals surface area contributed by atoms with Crippen molar-refractivity contribution in [2.45, 2.75) is 13.5 Å². The molecule has 0 aliphatic rings. The highest BCUT2D eigenvalue weighted by molar-refractivity contribution is 7.13. The van der Waals surface area contributed by atoms with E-state index in [1.807, 2.05) is 36.6 Å². The number of nitro benzene ring substituents is 1. The summed E-state index contributed by atoms with van der Waals surface area (Å²) in [4.78, 5) is 27.9. The van der Waals surface area contributed by atoms with Crippen molar-refractivity contribution in [3.05, 3.63) is 68.7 Å². The minimum Gasteiger partial charge on any atom is -0.493 e. The zero-order valence-electron chi connectivity index (χ0n) is 16.1. The molecule has 29 heavy (non-hydrogen) atoms. The largest absolute Gasteiger partial charge is 0.493 e. The SMILES string of the molecule is COc1cc(C(=O)NCc2csc(-c3ccccc3C)n2)c([N+](=O)[O-])cc1OC. The molecular formula is C20H19N3O5S. The molecule has 0 bridgehead atoms. The summed E-state index contributed by atoms with van der Waals surface area (Å²) in [6, 6.07) is 10.4. The Kier molecular flexibility index (Phi) is 6.08. The van der Waals surface area contributed by atoms with Crippen molar-refractivity contribution in [2.24, 2.45) is 0 Å². The monoisotopic (exact) mass is 413 g/mol. The third kappa shape index (κ3) is 4.35. The van der Waals surface area contributed by atoms with Gasteiger partial charge in [0.15, 0.2) is 11.5 Å². The van der Waals surface area contributed by atoms with Crippen LogP contribution in [0.1, 0.15) is 21.6 Å². The van der Waals surface area contributed by atoms with Crippen molar-refractivity contribution in [3.63, 3.8) is 0 Å². The first-order valence-electron chi connectivity index (χ1n) is 8.63. The van der Waals surface area contributed by atoms with Gasteiger partial charge in [-0.2, -0.15) is 0 Å². The predicted molar refractivity (Wildman–Crippen MR) is 110 cm³/mol. The Morgan fingerprint density at radius 2 is 1.90 bits per heavy atom. The Morgan fingerprint density at radius 1 is 1.21 bits per heavy atom. The number of benzene rings is 2. The lowest BCUT2D eigenvalue weighted by atomic mass is 10.1. The molecule has 0 aliphatic heterocycles. The molecule has 0 fully saturated rings. The summed E-state index contributed by atoms with van der Waals surface area (Å²) in [6.07, 6.45) is 0. The van der Waals surface area contributed by atoms with E-state index in [0.29, 0.717) is 5.69 Å². The highest BCUT2D eigenvalue weighted by atomic mass is 32.1. The van der Waals surface area contributed by atoms with Crippen LogP contribution in [0.4, 0.5) is 5.69 Å². The van der Waals surface area contributed by atoms with Crippen LogP contribution >= 0.6 is 11.3 Å². The number of hydrogen-bond donors (Lipinski definition) is 1. The van der Waals surface area contributed by atoms with Crippen LogP contribution < -0.4 is 14.8 Å². The first kappa shape index (κ1) is 20.3. The lowest BCUT2D eigenvalue weighted by molar-refractivity contribution is -0.385. The lowest BCUT2D eigenvalue weighted by Crippen LogP contribution is -2.24. The van der Waals surface area contributed by atoms with Crippen LogP contribution in [0.5, 0.6) is 11.5 Å². The fourth-order valence-corrected chi connectivity index (χ4v) is 3.70. The van der Waals surface area contributed by atoms with Gasteiger partial charge in [0.25, 0.3) is 11.6 Å². The molecule has 0 aliphatic carbocycles. The number of rotatable bonds is 7. The normalized spacial score (nSPS) is 10.4. The highest BCUT2D eigenvalue weighted by Crippen LogP contribution is 2.34. The van der Waals surface area contributed by atoms with Gasteiger partial charge < -0.3 is 14.8 Å². The first-order valence-corrected chi connectivity index (χ1v) is 9.51. The van der Waals surface area contributed by atoms with E-state index in [9.17, 15) is 14.9 Å². The number of aromatic nitrogens is 1. The Morgan fingerprint density at radius 3 is 2.55 bits per heavy atom. The summed E-state index contributed by atoms with van der Waals surface area (Å²) in [5.41, 5.74) is 2.34. The average molecular weight is 413 g/mol. The van der Waals surface area contributed by atoms with Gasteiger partial charge in [-0.1, -0.05) is 24.3 Å². The second-order valence-corrected chi connectivity index (χ2v) is 6.98. The van der Waals surface area contributed by atoms with Crippen LogP contribution in [-0.2, 0) is 6.54 Å². The molecule has 8 nitrogen and oxygen atoms in total. The van der Waals surface area contributed by atoms with Gasteiger partial charge in [-0.3, -0.25) is 14.9 Å². The van der Waals surface area contributed by atoms with Crippen LogP contribution in [-0.4, -0.2) is 30.0 Å². The molecule has 1 amide bonds. The molecule has 1 aromatic heterocycles. The Hall–Kier alpha value is -3.46. The fraction of sp³-hybridized carbons (Fsp3) is 0.200. The number of hydrogen-bond acceptors (Lipinski definition) is 7. The molecule has 0 saturated carbocycles. The van der Waals surface area contributed by atoms with Crippen LogP contribution in [0.25, 0.3) is 10.6 Å². The van der Waals surface area contributed by atoms with E-state index < -0.39 is 10.8 Å². The number of methoxy groups -OCH3 is 2. The summed E-state index contributed by atoms with van der Waals surface area (Å²) in [5.74, 6) is -0.181. The van der Waals surface area contributed by atoms with Crippen molar-refractivity contribution in [2.75, 3.05) is 14.2 Å². The van der Waals surface area contributed by atoms with E-state index >= 15 is 0 Å². The third-order valence-electron chi connectivity index (χ3n) is 4.30. The molecule has 0 unspecified atom stereocenters. The molecule has 2 aromatic carbocycles. The van der Waals surface area contributed by atoms with Crippen LogP contribution in [0.3, 0.4) is 0 Å². The molecule has 1 heterocycles. The Bertz CT molecular complexity index is 1060. The van der Waals surface area contributed by atoms with E-state index in [1.54, 1.807) is 0 Å². The maximum atomic E-state index is 12.6. The number of carbonyl (C=O) groups excluding carboxylic acids is 1. The second kappa shape index (κ2) is 8.70. The van der Waals surface area contributed by atoms with Gasteiger partial charge in [0.2, 0.25) is 0 Å². The third-order valence-corrected chi connectivity index (χ3v) is 5.22. The fourth-order valence-electron chi connectivity index (χ4n) is 2.79. The summed E-state index contributed by atoms with van der Waals surface area (Å²) in [5, 5.41) is 16.8. The van der Waals surface area contributed by atoms with Gasteiger partial charge >= 0.3 is 0 Å². The van der Waals surface area contributed by atoms with Crippen molar-refractivity contribution >= 4 is 22.9 Å². The second-order valence-electron chi connectivity index (χ2n) is 6.12. The zero-order valence-corrected chi connectivity index (χ0v) is 16.9. The topological polar surface area (TPSA) is 104 Å². The summed E-state index contributed by atoms with van der Waals surface area (Å²) >= 11 is 1.48. The number of aryl methyl sites for hydroxylation is 1. The maximum Gasteiger partial charge on any atom is 0.286 e. The number of carbonyl (C=O) groups is 1. The average Bonchev–Trinajstić information content (AvgIpc) is 3.19. The summed E-state index contributed by atoms with van der Waals surface area (Å²) < 4.78 is 10.2. The Labute approximate surface area is 171 Å². The molecule has 9 heteroatoms. The van der Waals surface area contributed by atoms with Gasteiger partial charge in [-0.05, 0) is 12.5 Å². The van der Waals surface area contributed by atoms with Gasteiger partial charge in [0, 0.05) is 17.0 Å². The van der Waals surface area contributed by atoms with Crippen molar-refractivity contribution in [3.8, 4) is 22.1 Å². The zero-order chi connectivity index (χ0) is 21.0. The highest BCUT2D eigenvalue weighted by Gasteiger charge is 2.24. The van der Waals surface area contributed by atoms with Crippen molar-refractivity contribution < 1.29 is 19.2 Å². The molecular weight excluding hydrogens is 394 g/mol. The molecule has 0 saturated heterocycles. The molecule has 0 atom stereocenters. The number of ether oxygens (including phenoxy) is 2. The quantitative estimate of drug-likeness (QED) is 0.464. The number of thiazole rings is 1. The summed E-state index contributed by atoms with van der Waals surface area (Å²) in [6.45, 7) is 2.15. The predicted octanol–water partition coefficient (Wildman–Crippen LogP) is 3.97. The van der Waals surface area contributed by atoms with E-state index in [-0.39, 0.29) is 29.3 Å². The van der Waals surface area contributed by atoms with Gasteiger partial charge in [-0.25, -0.2) is 4.98 Å².